The fraction of sp³-hybridized carbons (Fsp3) is 0.376. The molecule has 0 saturated heterocycles. The Kier molecular flexibility index (Phi) is 57.7. The minimum absolute atomic E-state index is 0.0394. The quantitative estimate of drug-likeness (QED) is 0.0198. The lowest BCUT2D eigenvalue weighted by molar-refractivity contribution is -0.193. The molecule has 0 aliphatic rings. The number of nitrogens with zero attached hydrogens (tertiary/aromatic N) is 10. The largest absolute Gasteiger partial charge is 0.465 e. The average molecular weight is 1550 g/mol. The van der Waals surface area contributed by atoms with Crippen LogP contribution in [0.2, 0.25) is 0 Å². The summed E-state index contributed by atoms with van der Waals surface area (Å²) in [6.07, 6.45) is 17.5. The van der Waals surface area contributed by atoms with Gasteiger partial charge in [0.2, 0.25) is 6.41 Å². The summed E-state index contributed by atoms with van der Waals surface area (Å²) in [7, 11) is 10.8. The van der Waals surface area contributed by atoms with E-state index >= 15 is 0 Å². The van der Waals surface area contributed by atoms with Gasteiger partial charge >= 0.3 is 24.6 Å². The number of hydrazine groups is 1. The smallest absolute Gasteiger partial charge is 0.373 e. The number of hydrogen-bond donors (Lipinski definition) is 3. The highest BCUT2D eigenvalue weighted by Crippen LogP contribution is 2.21. The van der Waals surface area contributed by atoms with Crippen LogP contribution in [0.5, 0.6) is 0 Å². The van der Waals surface area contributed by atoms with Crippen LogP contribution in [0.25, 0.3) is 28.8 Å². The van der Waals surface area contributed by atoms with E-state index in [2.05, 4.69) is 167 Å². The van der Waals surface area contributed by atoms with Crippen LogP contribution in [-0.2, 0) is 86.4 Å². The van der Waals surface area contributed by atoms with Crippen LogP contribution in [0.15, 0.2) is 163 Å². The van der Waals surface area contributed by atoms with Crippen molar-refractivity contribution in [2.24, 2.45) is 5.84 Å². The van der Waals surface area contributed by atoms with Crippen LogP contribution < -0.4 is 11.3 Å². The van der Waals surface area contributed by atoms with Gasteiger partial charge in [-0.15, -0.1) is 0 Å². The highest BCUT2D eigenvalue weighted by atomic mass is 16.7. The second kappa shape index (κ2) is 62.0. The molecule has 0 saturated carbocycles. The number of rotatable bonds is 21. The number of hydrogen-bond acceptors (Lipinski definition) is 23. The van der Waals surface area contributed by atoms with Gasteiger partial charge in [0.05, 0.1) is 54.1 Å². The Labute approximate surface area is 660 Å². The first-order valence-corrected chi connectivity index (χ1v) is 35.6. The Balaban J connectivity index is -0.00000121. The fourth-order valence-corrected chi connectivity index (χ4v) is 9.46. The summed E-state index contributed by atoms with van der Waals surface area (Å²) in [5, 5.41) is 26.6. The first-order valence-electron chi connectivity index (χ1n) is 35.6. The number of aliphatic hydroxyl groups is 1. The second-order valence-corrected chi connectivity index (χ2v) is 25.1. The number of aryl methyl sites for hydroxylation is 6. The van der Waals surface area contributed by atoms with E-state index in [-0.39, 0.29) is 55.3 Å². The number of aromatic nitrogens is 8. The molecule has 5 aromatic carbocycles. The number of ketones is 2. The number of Topliss-reactive ketones (excluding diaryl/α,β-unsaturated/α-hetero) is 2. The summed E-state index contributed by atoms with van der Waals surface area (Å²) in [5.74, 6) is 5.60. The van der Waals surface area contributed by atoms with Crippen molar-refractivity contribution in [1.82, 2.24) is 48.9 Å². The van der Waals surface area contributed by atoms with E-state index in [1.165, 1.54) is 55.9 Å². The van der Waals surface area contributed by atoms with Gasteiger partial charge in [-0.25, -0.2) is 18.7 Å². The summed E-state index contributed by atoms with van der Waals surface area (Å²) >= 11 is 0. The number of nitrogens with one attached hydrogen (secondary N) is 1. The molecule has 9 rings (SSSR count). The van der Waals surface area contributed by atoms with Crippen LogP contribution in [0, 0.1) is 62.3 Å². The maximum absolute atomic E-state index is 10.8. The number of aliphatic hydroxyl groups excluding tert-OH is 1. The summed E-state index contributed by atoms with van der Waals surface area (Å²) < 4.78 is 22.4. The summed E-state index contributed by atoms with van der Waals surface area (Å²) in [4.78, 5) is 99.9. The molecule has 27 nitrogen and oxygen atoms in total. The van der Waals surface area contributed by atoms with Crippen molar-refractivity contribution in [3.05, 3.63) is 236 Å². The van der Waals surface area contributed by atoms with E-state index in [4.69, 9.17) is 63.5 Å². The highest BCUT2D eigenvalue weighted by molar-refractivity contribution is 5.93. The van der Waals surface area contributed by atoms with Crippen LogP contribution in [-0.4, -0.2) is 152 Å². The number of carbonyl (C=O) groups is 3. The number of carbonyl (C=O) groups excluding carboxylic acids is 11. The van der Waals surface area contributed by atoms with E-state index in [1.54, 1.807) is 34.3 Å². The van der Waals surface area contributed by atoms with Crippen molar-refractivity contribution in [3.63, 3.8) is 0 Å². The van der Waals surface area contributed by atoms with Gasteiger partial charge in [0.25, 0.3) is 6.47 Å². The third kappa shape index (κ3) is 43.4. The molecule has 27 heteroatoms. The Hall–Kier alpha value is -11.8. The topological polar surface area (TPSA) is 352 Å². The van der Waals surface area contributed by atoms with Crippen LogP contribution in [0.3, 0.4) is 0 Å². The summed E-state index contributed by atoms with van der Waals surface area (Å²) in [5.41, 5.74) is 25.3. The molecule has 9 aromatic rings. The zero-order valence-corrected chi connectivity index (χ0v) is 69.4. The number of nitrogen functional groups attached to an aromatic ring is 1. The normalized spacial score (nSPS) is 10.1. The van der Waals surface area contributed by atoms with E-state index in [1.807, 2.05) is 172 Å². The van der Waals surface area contributed by atoms with Crippen LogP contribution in [0.1, 0.15) is 154 Å². The predicted molar refractivity (Wildman–Crippen MR) is 431 cm³/mol. The van der Waals surface area contributed by atoms with E-state index in [0.717, 1.165) is 88.6 Å². The predicted octanol–water partition coefficient (Wildman–Crippen LogP) is 13.8. The number of allylic oxidation sites excluding steroid dienone is 2. The van der Waals surface area contributed by atoms with Crippen molar-refractivity contribution in [2.45, 2.75) is 175 Å². The molecule has 112 heavy (non-hydrogen) atoms. The van der Waals surface area contributed by atoms with Gasteiger partial charge in [-0.2, -0.15) is 58.8 Å². The van der Waals surface area contributed by atoms with E-state index in [9.17, 15) is 14.4 Å². The van der Waals surface area contributed by atoms with Gasteiger partial charge in [0.1, 0.15) is 11.9 Å². The lowest BCUT2D eigenvalue weighted by Gasteiger charge is -2.19. The molecule has 0 aliphatic heterocycles. The number of methoxy groups -OCH3 is 2. The lowest BCUT2D eigenvalue weighted by atomic mass is 10.1. The van der Waals surface area contributed by atoms with Crippen LogP contribution >= 0.6 is 0 Å². The van der Waals surface area contributed by atoms with Crippen LogP contribution in [0.4, 0.5) is 5.69 Å². The minimum Gasteiger partial charge on any atom is -0.465 e. The van der Waals surface area contributed by atoms with E-state index < -0.39 is 0 Å². The third-order valence-electron chi connectivity index (χ3n) is 15.7. The standard InChI is InChI=1S/C16H20N2.C15H18N2O2.C13H16N2.C12H14N2O.C8H15NO.C7H10N2.C5H13NO2.C5H10O.4CO2/c1-5-12(2)10-15-11-17-18(14(15)4)16-8-6-13(3)7-9-16;1-11-4-6-15(7-5-11)17-13(3)14(9-16-17)8-12(2)19-10-18;1-4-12-9-14-15(11(12)3)13-7-5-10(2)6-8-13;1-9-3-5-12(6-4-9)14-10(2)11(8-15)7-13-14;1-5-8(7(2)10)6-9(3)4;1-6-2-4-7(9-8)5-3-6;1-6(2)5(7-3)8-4;1-3-4-5(2)6;4*2-1-3/h6-11H,5H2,1-4H3;4-7,9-10,12H,8H2,1-3H3;5-9H,4H2,1-3H3;3-7,15H,8H2,1-2H3;6H,5H2,1-4H3;2-5,9H,8H2,1H3;5H,1-4H3;3-4H2,1-2H3;;;;/b12-10+;;;;8-6-;;;;;;;. The Morgan fingerprint density at radius 3 is 1.09 bits per heavy atom. The minimum atomic E-state index is -0.213. The third-order valence-corrected chi connectivity index (χ3v) is 15.7. The second-order valence-electron chi connectivity index (χ2n) is 25.1. The fourth-order valence-electron chi connectivity index (χ4n) is 9.46. The number of ether oxygens (including phenoxy) is 3. The molecule has 0 aliphatic carbocycles. The lowest BCUT2D eigenvalue weighted by Crippen LogP contribution is -2.30. The van der Waals surface area contributed by atoms with Gasteiger partial charge in [-0.3, -0.25) is 20.3 Å². The molecule has 4 N–H and O–H groups in total. The first kappa shape index (κ1) is 104. The van der Waals surface area contributed by atoms with Gasteiger partial charge < -0.3 is 34.4 Å². The Morgan fingerprint density at radius 2 is 0.848 bits per heavy atom. The average Bonchev–Trinajstić information content (AvgIpc) is 1.44. The van der Waals surface area contributed by atoms with Gasteiger partial charge in [-0.1, -0.05) is 128 Å². The summed E-state index contributed by atoms with van der Waals surface area (Å²) in [6, 6.07) is 41.1. The zero-order chi connectivity index (χ0) is 85.8. The van der Waals surface area contributed by atoms with Crippen molar-refractivity contribution >= 4 is 54.4 Å². The maximum Gasteiger partial charge on any atom is 0.373 e. The molecule has 0 amide bonds. The van der Waals surface area contributed by atoms with Crippen molar-refractivity contribution in [1.29, 1.82) is 0 Å². The van der Waals surface area contributed by atoms with Crippen molar-refractivity contribution in [3.8, 4) is 22.7 Å². The zero-order valence-electron chi connectivity index (χ0n) is 69.4. The molecule has 4 heterocycles. The molecule has 1 atom stereocenters. The molecule has 0 fully saturated rings. The van der Waals surface area contributed by atoms with E-state index in [0.29, 0.717) is 12.9 Å². The number of nitrogens with two attached hydrogens (primary N) is 1. The van der Waals surface area contributed by atoms with Crippen molar-refractivity contribution < 1.29 is 72.1 Å². The molecule has 0 bridgehead atoms. The SMILES string of the molecule is CC/C(=C/N(C)C)C(C)=O.CC/C(C)=C/c1cnn(-c2ccc(C)cc2)c1C.CCCC(C)=O.CCc1cnn(-c2ccc(C)cc2)c1C.COC(OC)N(C)C.Cc1ccc(-n2ncc(CC(C)OC=O)c2C)cc1.Cc1ccc(-n2ncc(CO)c2C)cc1.Cc1ccc(NN)cc1.O=C=O.O=C=O.O=C=O.O=C=O. The number of benzene rings is 5. The molecule has 0 radical (unpaired) electrons. The molecule has 0 spiro atoms. The highest BCUT2D eigenvalue weighted by Gasteiger charge is 2.13. The van der Waals surface area contributed by atoms with Gasteiger partial charge in [0.15, 0.2) is 5.78 Å². The molecular formula is C85H116N12O15. The Bertz CT molecular complexity index is 4140. The van der Waals surface area contributed by atoms with Crippen molar-refractivity contribution in [2.75, 3.05) is 47.8 Å². The molecule has 1 unspecified atom stereocenters. The Morgan fingerprint density at radius 1 is 0.518 bits per heavy atom. The van der Waals surface area contributed by atoms with Gasteiger partial charge in [0, 0.05) is 92.5 Å². The number of anilines is 1. The first-order chi connectivity index (χ1) is 53.2. The maximum atomic E-state index is 10.8. The molecule has 606 valence electrons. The summed E-state index contributed by atoms with van der Waals surface area (Å²) in [6.45, 7) is 34.6. The monoisotopic (exact) mass is 1540 g/mol. The molecule has 4 aromatic heterocycles. The van der Waals surface area contributed by atoms with Gasteiger partial charge in [-0.05, 0) is 202 Å². The molecular weight excluding hydrogens is 1430 g/mol.